The summed E-state index contributed by atoms with van der Waals surface area (Å²) in [6.07, 6.45) is -1.42. The highest BCUT2D eigenvalue weighted by Gasteiger charge is 2.34. The first kappa shape index (κ1) is 41.4. The number of hydrogen-bond acceptors (Lipinski definition) is 10. The quantitative estimate of drug-likeness (QED) is 0.178. The summed E-state index contributed by atoms with van der Waals surface area (Å²) in [6.45, 7) is 17.7. The van der Waals surface area contributed by atoms with Gasteiger partial charge < -0.3 is 35.5 Å². The number of nitrogens with zero attached hydrogens (tertiary/aromatic N) is 1. The molecule has 0 bridgehead atoms. The molecule has 1 aromatic rings. The minimum Gasteiger partial charge on any atom is -0.460 e. The van der Waals surface area contributed by atoms with E-state index in [-0.39, 0.29) is 6.42 Å². The SMILES string of the molecule is CC(C)[C@H](NC(=O)[C@H](CC(=O)OC(C)(C)C)NC(=O)CNC(=O)C(Cc1ccc(C#N)cc1)NC(=O)OC(C)(C)C)C(=O)OC(C)(C)C. The molecule has 0 aliphatic carbocycles. The van der Waals surface area contributed by atoms with Gasteiger partial charge in [-0.15, -0.1) is 0 Å². The Morgan fingerprint density at radius 1 is 0.729 bits per heavy atom. The fraction of sp³-hybridized carbons (Fsp3) is 0.618. The van der Waals surface area contributed by atoms with Gasteiger partial charge in [0.05, 0.1) is 24.6 Å². The van der Waals surface area contributed by atoms with E-state index in [1.807, 2.05) is 6.07 Å². The molecule has 0 saturated carbocycles. The van der Waals surface area contributed by atoms with Gasteiger partial charge in [-0.3, -0.25) is 19.2 Å². The van der Waals surface area contributed by atoms with Crippen molar-refractivity contribution in [1.82, 2.24) is 21.3 Å². The van der Waals surface area contributed by atoms with Gasteiger partial charge in [0.1, 0.15) is 34.9 Å². The lowest BCUT2D eigenvalue weighted by atomic mass is 10.0. The molecule has 48 heavy (non-hydrogen) atoms. The number of carbonyl (C=O) groups is 6. The minimum absolute atomic E-state index is 0.00331. The molecule has 4 amide bonds. The molecular weight excluding hydrogens is 622 g/mol. The molecule has 1 unspecified atom stereocenters. The average molecular weight is 674 g/mol. The van der Waals surface area contributed by atoms with Crippen LogP contribution in [0.3, 0.4) is 0 Å². The predicted octanol–water partition coefficient (Wildman–Crippen LogP) is 2.81. The predicted molar refractivity (Wildman–Crippen MR) is 176 cm³/mol. The van der Waals surface area contributed by atoms with Crippen LogP contribution in [0.5, 0.6) is 0 Å². The average Bonchev–Trinajstić information content (AvgIpc) is 2.90. The van der Waals surface area contributed by atoms with E-state index in [9.17, 15) is 28.8 Å². The Labute approximate surface area is 283 Å². The lowest BCUT2D eigenvalue weighted by Crippen LogP contribution is -2.56. The van der Waals surface area contributed by atoms with Gasteiger partial charge in [-0.1, -0.05) is 26.0 Å². The largest absolute Gasteiger partial charge is 0.460 e. The van der Waals surface area contributed by atoms with Crippen LogP contribution in [0.4, 0.5) is 4.79 Å². The zero-order valence-electron chi connectivity index (χ0n) is 29.9. The second-order valence-corrected chi connectivity index (χ2v) is 14.6. The molecule has 0 aromatic heterocycles. The number of nitrogens with one attached hydrogen (secondary N) is 4. The van der Waals surface area contributed by atoms with Crippen LogP contribution in [0.25, 0.3) is 0 Å². The number of hydrogen-bond donors (Lipinski definition) is 4. The second-order valence-electron chi connectivity index (χ2n) is 14.6. The normalized spacial score (nSPS) is 13.6. The van der Waals surface area contributed by atoms with E-state index >= 15 is 0 Å². The molecule has 0 spiro atoms. The Morgan fingerprint density at radius 2 is 1.27 bits per heavy atom. The maximum absolute atomic E-state index is 13.4. The highest BCUT2D eigenvalue weighted by atomic mass is 16.6. The van der Waals surface area contributed by atoms with Crippen molar-refractivity contribution in [1.29, 1.82) is 5.26 Å². The number of benzene rings is 1. The van der Waals surface area contributed by atoms with Crippen molar-refractivity contribution in [2.24, 2.45) is 5.92 Å². The third kappa shape index (κ3) is 16.8. The number of alkyl carbamates (subject to hydrolysis) is 1. The zero-order chi connectivity index (χ0) is 37.0. The number of rotatable bonds is 13. The van der Waals surface area contributed by atoms with Gasteiger partial charge in [0, 0.05) is 6.42 Å². The van der Waals surface area contributed by atoms with E-state index in [1.165, 1.54) is 0 Å². The smallest absolute Gasteiger partial charge is 0.408 e. The van der Waals surface area contributed by atoms with Crippen molar-refractivity contribution in [2.75, 3.05) is 6.54 Å². The summed E-state index contributed by atoms with van der Waals surface area (Å²) in [5.74, 6) is -4.28. The van der Waals surface area contributed by atoms with Gasteiger partial charge >= 0.3 is 18.0 Å². The number of esters is 2. The first-order valence-corrected chi connectivity index (χ1v) is 15.7. The van der Waals surface area contributed by atoms with E-state index in [4.69, 9.17) is 19.5 Å². The van der Waals surface area contributed by atoms with Crippen LogP contribution in [0.15, 0.2) is 24.3 Å². The first-order valence-electron chi connectivity index (χ1n) is 15.7. The Hall–Kier alpha value is -4.67. The van der Waals surface area contributed by atoms with Gasteiger partial charge in [0.25, 0.3) is 0 Å². The van der Waals surface area contributed by atoms with Gasteiger partial charge in [-0.05, 0) is 85.9 Å². The van der Waals surface area contributed by atoms with E-state index in [2.05, 4.69) is 21.3 Å². The fourth-order valence-electron chi connectivity index (χ4n) is 4.02. The van der Waals surface area contributed by atoms with Gasteiger partial charge in [0.2, 0.25) is 17.7 Å². The van der Waals surface area contributed by atoms with E-state index in [1.54, 1.807) is 100 Å². The molecule has 14 heteroatoms. The van der Waals surface area contributed by atoms with E-state index < -0.39 is 89.6 Å². The third-order valence-electron chi connectivity index (χ3n) is 6.02. The molecule has 4 N–H and O–H groups in total. The molecule has 1 aromatic carbocycles. The molecule has 0 aliphatic heterocycles. The maximum Gasteiger partial charge on any atom is 0.408 e. The van der Waals surface area contributed by atoms with Crippen LogP contribution in [0, 0.1) is 17.2 Å². The monoisotopic (exact) mass is 673 g/mol. The number of carbonyl (C=O) groups excluding carboxylic acids is 6. The Balaban J connectivity index is 3.14. The van der Waals surface area contributed by atoms with Crippen molar-refractivity contribution >= 4 is 35.8 Å². The van der Waals surface area contributed by atoms with Crippen molar-refractivity contribution in [3.05, 3.63) is 35.4 Å². The topological polar surface area (TPSA) is 202 Å². The van der Waals surface area contributed by atoms with Crippen LogP contribution < -0.4 is 21.3 Å². The lowest BCUT2D eigenvalue weighted by Gasteiger charge is -2.28. The fourth-order valence-corrected chi connectivity index (χ4v) is 4.02. The maximum atomic E-state index is 13.4. The summed E-state index contributed by atoms with van der Waals surface area (Å²) in [5.41, 5.74) is -1.52. The molecule has 1 rings (SSSR count). The molecule has 3 atom stereocenters. The van der Waals surface area contributed by atoms with Crippen molar-refractivity contribution in [3.8, 4) is 6.07 Å². The van der Waals surface area contributed by atoms with Crippen LogP contribution in [0.1, 0.15) is 93.7 Å². The Kier molecular flexibility index (Phi) is 15.1. The summed E-state index contributed by atoms with van der Waals surface area (Å²) in [5, 5.41) is 19.0. The minimum atomic E-state index is -1.47. The van der Waals surface area contributed by atoms with E-state index in [0.717, 1.165) is 0 Å². The molecule has 0 saturated heterocycles. The summed E-state index contributed by atoms with van der Waals surface area (Å²) in [4.78, 5) is 77.7. The van der Waals surface area contributed by atoms with Crippen molar-refractivity contribution in [3.63, 3.8) is 0 Å². The molecule has 0 aliphatic rings. The number of ether oxygens (including phenoxy) is 3. The van der Waals surface area contributed by atoms with Crippen LogP contribution in [-0.4, -0.2) is 77.2 Å². The number of nitriles is 1. The summed E-state index contributed by atoms with van der Waals surface area (Å²) in [7, 11) is 0. The lowest BCUT2D eigenvalue weighted by molar-refractivity contribution is -0.160. The molecule has 14 nitrogen and oxygen atoms in total. The van der Waals surface area contributed by atoms with Crippen LogP contribution in [-0.2, 0) is 44.6 Å². The molecule has 266 valence electrons. The van der Waals surface area contributed by atoms with E-state index in [0.29, 0.717) is 11.1 Å². The van der Waals surface area contributed by atoms with Gasteiger partial charge in [-0.25, -0.2) is 9.59 Å². The summed E-state index contributed by atoms with van der Waals surface area (Å²) >= 11 is 0. The Morgan fingerprint density at radius 3 is 1.75 bits per heavy atom. The second kappa shape index (κ2) is 17.5. The molecule has 0 heterocycles. The summed E-state index contributed by atoms with van der Waals surface area (Å²) in [6, 6.07) is 4.65. The number of amides is 4. The standard InChI is InChI=1S/C34H51N5O9/c1-20(2)27(30(44)47-33(6,7)8)39-29(43)24(17-26(41)46-32(3,4)5)37-25(40)19-36-28(42)23(38-31(45)48-34(9,10)11)16-21-12-14-22(18-35)15-13-21/h12-15,20,23-24,27H,16-17,19H2,1-11H3,(H,36,42)(H,37,40)(H,38,45)(H,39,43)/t23?,24-,27-/m0/s1. The zero-order valence-corrected chi connectivity index (χ0v) is 29.9. The van der Waals surface area contributed by atoms with Gasteiger partial charge in [0.15, 0.2) is 0 Å². The van der Waals surface area contributed by atoms with Gasteiger partial charge in [-0.2, -0.15) is 5.26 Å². The van der Waals surface area contributed by atoms with Crippen molar-refractivity contribution in [2.45, 2.75) is 124 Å². The highest BCUT2D eigenvalue weighted by molar-refractivity contribution is 5.95. The third-order valence-corrected chi connectivity index (χ3v) is 6.02. The molecule has 0 radical (unpaired) electrons. The first-order chi connectivity index (χ1) is 21.9. The molecular formula is C34H51N5O9. The molecule has 0 fully saturated rings. The Bertz CT molecular complexity index is 1350. The summed E-state index contributed by atoms with van der Waals surface area (Å²) < 4.78 is 16.1. The van der Waals surface area contributed by atoms with Crippen LogP contribution >= 0.6 is 0 Å². The highest BCUT2D eigenvalue weighted by Crippen LogP contribution is 2.14. The van der Waals surface area contributed by atoms with Crippen molar-refractivity contribution < 1.29 is 43.0 Å². The van der Waals surface area contributed by atoms with Crippen LogP contribution in [0.2, 0.25) is 0 Å².